The van der Waals surface area contributed by atoms with Crippen molar-refractivity contribution in [1.29, 1.82) is 0 Å². The average Bonchev–Trinajstić information content (AvgIpc) is 2.66. The molecule has 1 aliphatic heterocycles. The minimum Gasteiger partial charge on any atom is -0.273 e. The van der Waals surface area contributed by atoms with Gasteiger partial charge in [0.2, 0.25) is 0 Å². The van der Waals surface area contributed by atoms with Crippen LogP contribution in [0.25, 0.3) is 0 Å². The SMILES string of the molecule is NN(Cc1ccccc1)C1=NOS(=O)N1. The molecular formula is C8H10N4O2S. The highest BCUT2D eigenvalue weighted by atomic mass is 32.2. The van der Waals surface area contributed by atoms with E-state index in [2.05, 4.69) is 14.2 Å². The first-order valence-electron chi connectivity index (χ1n) is 4.26. The summed E-state index contributed by atoms with van der Waals surface area (Å²) in [6, 6.07) is 9.64. The van der Waals surface area contributed by atoms with Crippen LogP contribution in [-0.2, 0) is 22.1 Å². The second-order valence-electron chi connectivity index (χ2n) is 2.94. The van der Waals surface area contributed by atoms with Crippen molar-refractivity contribution in [1.82, 2.24) is 9.73 Å². The van der Waals surface area contributed by atoms with Gasteiger partial charge in [0.25, 0.3) is 5.96 Å². The van der Waals surface area contributed by atoms with Gasteiger partial charge >= 0.3 is 11.3 Å². The van der Waals surface area contributed by atoms with Crippen LogP contribution in [0.1, 0.15) is 5.56 Å². The van der Waals surface area contributed by atoms with Gasteiger partial charge < -0.3 is 0 Å². The van der Waals surface area contributed by atoms with Crippen molar-refractivity contribution in [3.05, 3.63) is 35.9 Å². The minimum absolute atomic E-state index is 0.261. The first-order valence-corrected chi connectivity index (χ1v) is 5.33. The van der Waals surface area contributed by atoms with E-state index < -0.39 is 11.3 Å². The molecule has 1 aromatic rings. The van der Waals surface area contributed by atoms with E-state index in [1.807, 2.05) is 30.3 Å². The number of nitrogens with two attached hydrogens (primary N) is 1. The van der Waals surface area contributed by atoms with Crippen molar-refractivity contribution >= 4 is 17.2 Å². The molecule has 2 rings (SSSR count). The lowest BCUT2D eigenvalue weighted by Crippen LogP contribution is -2.43. The number of hydrazine groups is 1. The van der Waals surface area contributed by atoms with E-state index in [-0.39, 0.29) is 5.96 Å². The van der Waals surface area contributed by atoms with Crippen LogP contribution in [0.5, 0.6) is 0 Å². The van der Waals surface area contributed by atoms with E-state index in [1.54, 1.807) is 0 Å². The summed E-state index contributed by atoms with van der Waals surface area (Å²) in [6.07, 6.45) is 0. The van der Waals surface area contributed by atoms with Crippen LogP contribution in [0.4, 0.5) is 0 Å². The van der Waals surface area contributed by atoms with Gasteiger partial charge in [-0.2, -0.15) is 4.21 Å². The van der Waals surface area contributed by atoms with Crippen molar-refractivity contribution in [2.75, 3.05) is 0 Å². The normalized spacial score (nSPS) is 19.0. The summed E-state index contributed by atoms with van der Waals surface area (Å²) < 4.78 is 17.7. The molecule has 1 aliphatic rings. The van der Waals surface area contributed by atoms with Crippen molar-refractivity contribution in [2.24, 2.45) is 11.0 Å². The molecule has 0 radical (unpaired) electrons. The van der Waals surface area contributed by atoms with Crippen molar-refractivity contribution in [3.8, 4) is 0 Å². The van der Waals surface area contributed by atoms with Gasteiger partial charge in [0.1, 0.15) is 0 Å². The van der Waals surface area contributed by atoms with Crippen LogP contribution >= 0.6 is 0 Å². The van der Waals surface area contributed by atoms with Gasteiger partial charge in [-0.1, -0.05) is 30.3 Å². The first-order chi connectivity index (χ1) is 7.25. The molecule has 0 saturated carbocycles. The smallest absolute Gasteiger partial charge is 0.273 e. The Labute approximate surface area is 89.5 Å². The van der Waals surface area contributed by atoms with Gasteiger partial charge in [-0.05, 0) is 10.7 Å². The molecule has 0 fully saturated rings. The van der Waals surface area contributed by atoms with Gasteiger partial charge in [-0.25, -0.2) is 10.6 Å². The summed E-state index contributed by atoms with van der Waals surface area (Å²) >= 11 is -1.61. The lowest BCUT2D eigenvalue weighted by Gasteiger charge is -2.15. The van der Waals surface area contributed by atoms with Crippen LogP contribution in [0.3, 0.4) is 0 Å². The van der Waals surface area contributed by atoms with Crippen LogP contribution in [-0.4, -0.2) is 15.2 Å². The fourth-order valence-corrected chi connectivity index (χ4v) is 1.63. The number of nitrogens with one attached hydrogen (secondary N) is 1. The van der Waals surface area contributed by atoms with E-state index in [0.717, 1.165) is 5.56 Å². The molecule has 1 unspecified atom stereocenters. The maximum Gasteiger partial charge on any atom is 0.339 e. The Kier molecular flexibility index (Phi) is 2.84. The second-order valence-corrected chi connectivity index (χ2v) is 3.76. The molecular weight excluding hydrogens is 216 g/mol. The molecule has 0 spiro atoms. The molecule has 80 valence electrons. The highest BCUT2D eigenvalue weighted by molar-refractivity contribution is 7.79. The third-order valence-electron chi connectivity index (χ3n) is 1.83. The molecule has 15 heavy (non-hydrogen) atoms. The lowest BCUT2D eigenvalue weighted by molar-refractivity contribution is 0.363. The number of hydrogen-bond donors (Lipinski definition) is 2. The number of rotatable bonds is 2. The predicted molar refractivity (Wildman–Crippen MR) is 56.0 cm³/mol. The lowest BCUT2D eigenvalue weighted by atomic mass is 10.2. The van der Waals surface area contributed by atoms with Crippen LogP contribution in [0.2, 0.25) is 0 Å². The third-order valence-corrected chi connectivity index (χ3v) is 2.39. The number of hydrogen-bond acceptors (Lipinski definition) is 5. The molecule has 1 atom stereocenters. The Bertz CT molecular complexity index is 395. The Balaban J connectivity index is 1.98. The number of benzene rings is 1. The molecule has 1 heterocycles. The highest BCUT2D eigenvalue weighted by Gasteiger charge is 2.18. The summed E-state index contributed by atoms with van der Waals surface area (Å²) in [6.45, 7) is 0.466. The highest BCUT2D eigenvalue weighted by Crippen LogP contribution is 2.03. The van der Waals surface area contributed by atoms with Crippen LogP contribution in [0, 0.1) is 0 Å². The van der Waals surface area contributed by atoms with E-state index in [4.69, 9.17) is 5.84 Å². The summed E-state index contributed by atoms with van der Waals surface area (Å²) in [5, 5.41) is 4.85. The summed E-state index contributed by atoms with van der Waals surface area (Å²) in [5.41, 5.74) is 1.03. The fourth-order valence-electron chi connectivity index (χ4n) is 1.15. The zero-order valence-corrected chi connectivity index (χ0v) is 8.61. The van der Waals surface area contributed by atoms with Crippen molar-refractivity contribution < 1.29 is 8.49 Å². The van der Waals surface area contributed by atoms with Gasteiger partial charge in [0, 0.05) is 0 Å². The third kappa shape index (κ3) is 2.45. The van der Waals surface area contributed by atoms with Gasteiger partial charge in [0.05, 0.1) is 6.54 Å². The largest absolute Gasteiger partial charge is 0.339 e. The van der Waals surface area contributed by atoms with Gasteiger partial charge in [-0.15, -0.1) is 0 Å². The molecule has 0 aliphatic carbocycles. The first kappa shape index (κ1) is 9.94. The predicted octanol–water partition coefficient (Wildman–Crippen LogP) is -0.168. The summed E-state index contributed by atoms with van der Waals surface area (Å²) in [5.74, 6) is 5.96. The van der Waals surface area contributed by atoms with E-state index >= 15 is 0 Å². The fraction of sp³-hybridized carbons (Fsp3) is 0.125. The topological polar surface area (TPSA) is 79.9 Å². The maximum atomic E-state index is 10.8. The summed E-state index contributed by atoms with van der Waals surface area (Å²) in [4.78, 5) is 0. The Hall–Kier alpha value is -1.60. The van der Waals surface area contributed by atoms with E-state index in [0.29, 0.717) is 6.54 Å². The van der Waals surface area contributed by atoms with Crippen LogP contribution < -0.4 is 10.6 Å². The number of oxime groups is 1. The second kappa shape index (κ2) is 4.28. The van der Waals surface area contributed by atoms with Gasteiger partial charge in [-0.3, -0.25) is 9.29 Å². The Morgan fingerprint density at radius 1 is 1.47 bits per heavy atom. The van der Waals surface area contributed by atoms with Crippen LogP contribution in [0.15, 0.2) is 35.5 Å². The Morgan fingerprint density at radius 2 is 2.20 bits per heavy atom. The zero-order valence-electron chi connectivity index (χ0n) is 7.79. The summed E-state index contributed by atoms with van der Waals surface area (Å²) in [7, 11) is 0. The number of guanidine groups is 1. The maximum absolute atomic E-state index is 10.8. The molecule has 3 N–H and O–H groups in total. The monoisotopic (exact) mass is 226 g/mol. The Morgan fingerprint density at radius 3 is 2.80 bits per heavy atom. The molecule has 0 bridgehead atoms. The quantitative estimate of drug-likeness (QED) is 0.542. The van der Waals surface area contributed by atoms with Crippen molar-refractivity contribution in [3.63, 3.8) is 0 Å². The molecule has 7 heteroatoms. The molecule has 0 amide bonds. The average molecular weight is 226 g/mol. The van der Waals surface area contributed by atoms with Crippen molar-refractivity contribution in [2.45, 2.75) is 6.54 Å². The standard InChI is InChI=1S/C8H10N4O2S/c9-12(8-10-14-15(13)11-8)6-7-4-2-1-3-5-7/h1-5H,6,9H2,(H,10,11). The number of nitrogens with zero attached hydrogens (tertiary/aromatic N) is 2. The molecule has 0 saturated heterocycles. The van der Waals surface area contributed by atoms with Gasteiger partial charge in [0.15, 0.2) is 0 Å². The minimum atomic E-state index is -1.61. The molecule has 0 aromatic heterocycles. The molecule has 1 aromatic carbocycles. The zero-order chi connectivity index (χ0) is 10.7. The van der Waals surface area contributed by atoms with E-state index in [1.165, 1.54) is 5.01 Å². The molecule has 6 nitrogen and oxygen atoms in total. The van der Waals surface area contributed by atoms with E-state index in [9.17, 15) is 4.21 Å².